The number of nitrogens with two attached hydrogens (primary N) is 1. The van der Waals surface area contributed by atoms with Gasteiger partial charge in [0, 0.05) is 6.04 Å². The Kier molecular flexibility index (Phi) is 4.59. The monoisotopic (exact) mass is 209 g/mol. The summed E-state index contributed by atoms with van der Waals surface area (Å²) >= 11 is 0. The maximum absolute atomic E-state index is 8.85. The Hall–Kier alpha value is -1.06. The summed E-state index contributed by atoms with van der Waals surface area (Å²) in [5.74, 6) is 0.916. The van der Waals surface area contributed by atoms with Crippen LogP contribution in [0, 0.1) is 6.92 Å². The van der Waals surface area contributed by atoms with E-state index in [1.54, 1.807) is 0 Å². The molecule has 0 spiro atoms. The summed E-state index contributed by atoms with van der Waals surface area (Å²) in [6.45, 7) is 4.68. The van der Waals surface area contributed by atoms with Crippen LogP contribution in [0.5, 0.6) is 5.75 Å². The normalized spacial score (nSPS) is 12.5. The quantitative estimate of drug-likeness (QED) is 0.767. The fraction of sp³-hybridized carbons (Fsp3) is 0.500. The molecule has 3 nitrogen and oxygen atoms in total. The maximum atomic E-state index is 8.85. The average molecular weight is 209 g/mol. The molecular formula is C12H19NO2. The predicted molar refractivity (Wildman–Crippen MR) is 61.1 cm³/mol. The molecule has 1 rings (SSSR count). The van der Waals surface area contributed by atoms with Crippen molar-refractivity contribution in [1.29, 1.82) is 0 Å². The summed E-state index contributed by atoms with van der Waals surface area (Å²) in [7, 11) is 0. The van der Waals surface area contributed by atoms with E-state index in [0.717, 1.165) is 16.9 Å². The number of benzene rings is 1. The summed E-state index contributed by atoms with van der Waals surface area (Å²) < 4.78 is 5.44. The second-order valence-electron chi connectivity index (χ2n) is 3.68. The Morgan fingerprint density at radius 3 is 2.73 bits per heavy atom. The lowest BCUT2D eigenvalue weighted by Gasteiger charge is -2.11. The lowest BCUT2D eigenvalue weighted by atomic mass is 10.0. The molecule has 0 aromatic heterocycles. The number of aryl methyl sites for hydroxylation is 1. The maximum Gasteiger partial charge on any atom is 0.122 e. The molecule has 1 aromatic rings. The molecule has 0 saturated carbocycles. The van der Waals surface area contributed by atoms with Gasteiger partial charge in [0.2, 0.25) is 0 Å². The number of aliphatic hydroxyl groups excluding tert-OH is 1. The second kappa shape index (κ2) is 5.73. The molecule has 0 fully saturated rings. The summed E-state index contributed by atoms with van der Waals surface area (Å²) in [5, 5.41) is 8.85. The molecule has 84 valence electrons. The molecule has 1 atom stereocenters. The zero-order valence-corrected chi connectivity index (χ0v) is 9.36. The van der Waals surface area contributed by atoms with Crippen LogP contribution in [0.2, 0.25) is 0 Å². The van der Waals surface area contributed by atoms with Crippen LogP contribution in [0.25, 0.3) is 0 Å². The van der Waals surface area contributed by atoms with E-state index in [9.17, 15) is 0 Å². The van der Waals surface area contributed by atoms with Crippen LogP contribution >= 0.6 is 0 Å². The fourth-order valence-corrected chi connectivity index (χ4v) is 1.52. The highest BCUT2D eigenvalue weighted by atomic mass is 16.5. The Morgan fingerprint density at radius 2 is 2.20 bits per heavy atom. The summed E-state index contributed by atoms with van der Waals surface area (Å²) in [6.07, 6.45) is 0.698. The van der Waals surface area contributed by atoms with Gasteiger partial charge in [-0.1, -0.05) is 12.1 Å². The number of aliphatic hydroxyl groups is 1. The molecule has 3 heteroatoms. The number of rotatable bonds is 5. The third-order valence-corrected chi connectivity index (χ3v) is 2.27. The third-order valence-electron chi connectivity index (χ3n) is 2.27. The molecule has 3 N–H and O–H groups in total. The van der Waals surface area contributed by atoms with Crippen molar-refractivity contribution in [1.82, 2.24) is 0 Å². The molecule has 0 bridgehead atoms. The smallest absolute Gasteiger partial charge is 0.122 e. The van der Waals surface area contributed by atoms with Crippen molar-refractivity contribution in [2.45, 2.75) is 26.3 Å². The fourth-order valence-electron chi connectivity index (χ4n) is 1.52. The van der Waals surface area contributed by atoms with E-state index in [-0.39, 0.29) is 12.6 Å². The molecule has 0 amide bonds. The SMILES string of the molecule is CCOc1ccc(CC(N)CO)cc1C. The Labute approximate surface area is 90.9 Å². The minimum atomic E-state index is -0.178. The first-order chi connectivity index (χ1) is 7.17. The van der Waals surface area contributed by atoms with Gasteiger partial charge in [0.1, 0.15) is 5.75 Å². The van der Waals surface area contributed by atoms with E-state index in [0.29, 0.717) is 13.0 Å². The highest BCUT2D eigenvalue weighted by Gasteiger charge is 2.04. The largest absolute Gasteiger partial charge is 0.494 e. The van der Waals surface area contributed by atoms with Gasteiger partial charge in [-0.3, -0.25) is 0 Å². The van der Waals surface area contributed by atoms with Gasteiger partial charge in [-0.05, 0) is 37.5 Å². The molecule has 0 aliphatic rings. The molecule has 0 saturated heterocycles. The van der Waals surface area contributed by atoms with E-state index in [1.165, 1.54) is 0 Å². The Morgan fingerprint density at radius 1 is 1.47 bits per heavy atom. The Balaban J connectivity index is 2.73. The van der Waals surface area contributed by atoms with Crippen molar-refractivity contribution in [3.63, 3.8) is 0 Å². The van der Waals surface area contributed by atoms with Crippen molar-refractivity contribution < 1.29 is 9.84 Å². The Bertz CT molecular complexity index is 312. The highest BCUT2D eigenvalue weighted by molar-refractivity contribution is 5.36. The molecule has 0 radical (unpaired) electrons. The molecule has 0 aliphatic carbocycles. The van der Waals surface area contributed by atoms with E-state index in [4.69, 9.17) is 15.6 Å². The van der Waals surface area contributed by atoms with Crippen LogP contribution in [0.1, 0.15) is 18.1 Å². The topological polar surface area (TPSA) is 55.5 Å². The van der Waals surface area contributed by atoms with Gasteiger partial charge in [-0.15, -0.1) is 0 Å². The first-order valence-electron chi connectivity index (χ1n) is 5.26. The van der Waals surface area contributed by atoms with Crippen LogP contribution in [-0.4, -0.2) is 24.4 Å². The summed E-state index contributed by atoms with van der Waals surface area (Å²) in [5.41, 5.74) is 7.92. The van der Waals surface area contributed by atoms with Gasteiger partial charge in [0.05, 0.1) is 13.2 Å². The lowest BCUT2D eigenvalue weighted by molar-refractivity contribution is 0.265. The van der Waals surface area contributed by atoms with Gasteiger partial charge >= 0.3 is 0 Å². The molecular weight excluding hydrogens is 190 g/mol. The van der Waals surface area contributed by atoms with Crippen LogP contribution in [0.15, 0.2) is 18.2 Å². The molecule has 0 heterocycles. The van der Waals surface area contributed by atoms with Crippen molar-refractivity contribution >= 4 is 0 Å². The highest BCUT2D eigenvalue weighted by Crippen LogP contribution is 2.19. The number of hydrogen-bond donors (Lipinski definition) is 2. The van der Waals surface area contributed by atoms with Crippen LogP contribution in [0.4, 0.5) is 0 Å². The minimum Gasteiger partial charge on any atom is -0.494 e. The van der Waals surface area contributed by atoms with Crippen molar-refractivity contribution in [2.75, 3.05) is 13.2 Å². The van der Waals surface area contributed by atoms with Crippen LogP contribution < -0.4 is 10.5 Å². The van der Waals surface area contributed by atoms with E-state index in [2.05, 4.69) is 6.07 Å². The third kappa shape index (κ3) is 3.53. The van der Waals surface area contributed by atoms with E-state index < -0.39 is 0 Å². The zero-order chi connectivity index (χ0) is 11.3. The number of ether oxygens (including phenoxy) is 1. The van der Waals surface area contributed by atoms with E-state index in [1.807, 2.05) is 26.0 Å². The molecule has 1 aromatic carbocycles. The van der Waals surface area contributed by atoms with Crippen molar-refractivity contribution in [3.8, 4) is 5.75 Å². The molecule has 15 heavy (non-hydrogen) atoms. The van der Waals surface area contributed by atoms with Crippen molar-refractivity contribution in [3.05, 3.63) is 29.3 Å². The second-order valence-corrected chi connectivity index (χ2v) is 3.68. The molecule has 0 aliphatic heterocycles. The molecule has 1 unspecified atom stereocenters. The van der Waals surface area contributed by atoms with Gasteiger partial charge in [0.25, 0.3) is 0 Å². The van der Waals surface area contributed by atoms with Crippen LogP contribution in [0.3, 0.4) is 0 Å². The summed E-state index contributed by atoms with van der Waals surface area (Å²) in [6, 6.07) is 5.83. The minimum absolute atomic E-state index is 0.0201. The average Bonchev–Trinajstić information content (AvgIpc) is 2.22. The van der Waals surface area contributed by atoms with Gasteiger partial charge in [-0.2, -0.15) is 0 Å². The van der Waals surface area contributed by atoms with Gasteiger partial charge in [0.15, 0.2) is 0 Å². The predicted octanol–water partition coefficient (Wildman–Crippen LogP) is 1.26. The van der Waals surface area contributed by atoms with Gasteiger partial charge < -0.3 is 15.6 Å². The zero-order valence-electron chi connectivity index (χ0n) is 9.36. The number of hydrogen-bond acceptors (Lipinski definition) is 3. The van der Waals surface area contributed by atoms with Gasteiger partial charge in [-0.25, -0.2) is 0 Å². The van der Waals surface area contributed by atoms with Crippen LogP contribution in [-0.2, 0) is 6.42 Å². The van der Waals surface area contributed by atoms with Crippen molar-refractivity contribution in [2.24, 2.45) is 5.73 Å². The lowest BCUT2D eigenvalue weighted by Crippen LogP contribution is -2.26. The summed E-state index contributed by atoms with van der Waals surface area (Å²) in [4.78, 5) is 0. The first kappa shape index (κ1) is 12.0. The standard InChI is InChI=1S/C12H19NO2/c1-3-15-12-5-4-10(6-9(12)2)7-11(13)8-14/h4-6,11,14H,3,7-8,13H2,1-2H3. The van der Waals surface area contributed by atoms with E-state index >= 15 is 0 Å². The first-order valence-corrected chi connectivity index (χ1v) is 5.26.